The van der Waals surface area contributed by atoms with Crippen LogP contribution in [0.15, 0.2) is 47.2 Å². The Labute approximate surface area is 168 Å². The lowest BCUT2D eigenvalue weighted by Gasteiger charge is -2.25. The fraction of sp³-hybridized carbons (Fsp3) is 0.333. The van der Waals surface area contributed by atoms with E-state index >= 15 is 0 Å². The lowest BCUT2D eigenvalue weighted by atomic mass is 10.1. The van der Waals surface area contributed by atoms with E-state index in [4.69, 9.17) is 9.26 Å². The minimum absolute atomic E-state index is 0.238. The van der Waals surface area contributed by atoms with Crippen molar-refractivity contribution in [3.05, 3.63) is 59.9 Å². The van der Waals surface area contributed by atoms with E-state index in [1.807, 2.05) is 55.1 Å². The molecule has 1 amide bonds. The highest BCUT2D eigenvalue weighted by Gasteiger charge is 2.34. The molecule has 1 fully saturated rings. The maximum atomic E-state index is 13.2. The van der Waals surface area contributed by atoms with Crippen molar-refractivity contribution in [1.29, 1.82) is 0 Å². The standard InChI is InChI=1S/C21H22N4O4/c1-14-16(20(23-29-14)15-6-4-3-5-7-15)12-25(13-18-22-10-11-24(18)2)21(27)17-8-9-19(26)28-17/h3-7,10-11,17H,8-9,12-13H2,1-2H3. The van der Waals surface area contributed by atoms with Gasteiger partial charge in [-0.2, -0.15) is 0 Å². The summed E-state index contributed by atoms with van der Waals surface area (Å²) in [5.41, 5.74) is 2.43. The fourth-order valence-corrected chi connectivity index (χ4v) is 3.43. The zero-order chi connectivity index (χ0) is 20.4. The van der Waals surface area contributed by atoms with Crippen LogP contribution in [0.3, 0.4) is 0 Å². The van der Waals surface area contributed by atoms with E-state index in [1.54, 1.807) is 11.1 Å². The second kappa shape index (κ2) is 7.90. The molecule has 150 valence electrons. The van der Waals surface area contributed by atoms with Gasteiger partial charge in [0.25, 0.3) is 5.91 Å². The molecule has 0 saturated carbocycles. The number of ether oxygens (including phenoxy) is 1. The van der Waals surface area contributed by atoms with Crippen LogP contribution in [-0.2, 0) is 34.5 Å². The molecule has 0 aliphatic carbocycles. The van der Waals surface area contributed by atoms with Gasteiger partial charge in [-0.05, 0) is 6.92 Å². The van der Waals surface area contributed by atoms with Crippen LogP contribution >= 0.6 is 0 Å². The van der Waals surface area contributed by atoms with Crippen LogP contribution in [0.4, 0.5) is 0 Å². The lowest BCUT2D eigenvalue weighted by Crippen LogP contribution is -2.39. The average molecular weight is 394 g/mol. The Bertz CT molecular complexity index is 1020. The predicted molar refractivity (Wildman–Crippen MR) is 103 cm³/mol. The van der Waals surface area contributed by atoms with Crippen molar-refractivity contribution in [3.63, 3.8) is 0 Å². The van der Waals surface area contributed by atoms with Crippen molar-refractivity contribution in [1.82, 2.24) is 19.6 Å². The van der Waals surface area contributed by atoms with Crippen molar-refractivity contribution >= 4 is 11.9 Å². The van der Waals surface area contributed by atoms with E-state index in [9.17, 15) is 9.59 Å². The number of imidazole rings is 1. The minimum atomic E-state index is -0.761. The molecule has 0 spiro atoms. The van der Waals surface area contributed by atoms with E-state index in [1.165, 1.54) is 0 Å². The fourth-order valence-electron chi connectivity index (χ4n) is 3.43. The first-order chi connectivity index (χ1) is 14.0. The van der Waals surface area contributed by atoms with Gasteiger partial charge >= 0.3 is 5.97 Å². The number of amides is 1. The Morgan fingerprint density at radius 1 is 1.28 bits per heavy atom. The number of rotatable bonds is 6. The van der Waals surface area contributed by atoms with Crippen molar-refractivity contribution < 1.29 is 18.8 Å². The molecule has 29 heavy (non-hydrogen) atoms. The average Bonchev–Trinajstić information content (AvgIpc) is 3.43. The Kier molecular flexibility index (Phi) is 5.16. The van der Waals surface area contributed by atoms with Gasteiger partial charge in [0, 0.05) is 43.4 Å². The van der Waals surface area contributed by atoms with Crippen LogP contribution in [0.25, 0.3) is 11.3 Å². The molecule has 0 N–H and O–H groups in total. The molecule has 1 aliphatic heterocycles. The summed E-state index contributed by atoms with van der Waals surface area (Å²) in [6.07, 6.45) is 3.40. The first-order valence-corrected chi connectivity index (χ1v) is 9.48. The lowest BCUT2D eigenvalue weighted by molar-refractivity contribution is -0.153. The molecule has 8 heteroatoms. The Morgan fingerprint density at radius 3 is 2.72 bits per heavy atom. The number of aromatic nitrogens is 3. The van der Waals surface area contributed by atoms with Crippen LogP contribution in [0, 0.1) is 6.92 Å². The highest BCUT2D eigenvalue weighted by atomic mass is 16.6. The second-order valence-corrected chi connectivity index (χ2v) is 7.10. The summed E-state index contributed by atoms with van der Waals surface area (Å²) in [5, 5.41) is 4.20. The quantitative estimate of drug-likeness (QED) is 0.597. The molecule has 3 aromatic rings. The second-order valence-electron chi connectivity index (χ2n) is 7.10. The summed E-state index contributed by atoms with van der Waals surface area (Å²) >= 11 is 0. The zero-order valence-electron chi connectivity index (χ0n) is 16.4. The molecule has 0 bridgehead atoms. The van der Waals surface area contributed by atoms with Gasteiger partial charge in [0.1, 0.15) is 17.3 Å². The molecular weight excluding hydrogens is 372 g/mol. The Hall–Kier alpha value is -3.42. The van der Waals surface area contributed by atoms with Gasteiger partial charge in [0.15, 0.2) is 6.10 Å². The number of hydrogen-bond donors (Lipinski definition) is 0. The van der Waals surface area contributed by atoms with Gasteiger partial charge in [0.05, 0.1) is 13.1 Å². The van der Waals surface area contributed by atoms with Crippen molar-refractivity contribution in [3.8, 4) is 11.3 Å². The number of aryl methyl sites for hydroxylation is 2. The van der Waals surface area contributed by atoms with E-state index < -0.39 is 6.10 Å². The molecule has 1 unspecified atom stereocenters. The molecule has 1 aliphatic rings. The number of nitrogens with zero attached hydrogens (tertiary/aromatic N) is 4. The number of benzene rings is 1. The first kappa shape index (κ1) is 18.9. The van der Waals surface area contributed by atoms with Gasteiger partial charge in [0.2, 0.25) is 0 Å². The number of cyclic esters (lactones) is 1. The summed E-state index contributed by atoms with van der Waals surface area (Å²) in [6, 6.07) is 9.69. The van der Waals surface area contributed by atoms with Crippen molar-refractivity contribution in [2.45, 2.75) is 39.0 Å². The number of esters is 1. The maximum absolute atomic E-state index is 13.2. The van der Waals surface area contributed by atoms with Gasteiger partial charge in [-0.25, -0.2) is 4.98 Å². The molecule has 1 aromatic carbocycles. The summed E-state index contributed by atoms with van der Waals surface area (Å²) in [5.74, 6) is 0.799. The SMILES string of the molecule is Cc1onc(-c2ccccc2)c1CN(Cc1nccn1C)C(=O)C1CCC(=O)O1. The third-order valence-electron chi connectivity index (χ3n) is 5.11. The summed E-state index contributed by atoms with van der Waals surface area (Å²) in [6.45, 7) is 2.39. The highest BCUT2D eigenvalue weighted by Crippen LogP contribution is 2.28. The van der Waals surface area contributed by atoms with Crippen molar-refractivity contribution in [2.75, 3.05) is 0 Å². The largest absolute Gasteiger partial charge is 0.452 e. The summed E-state index contributed by atoms with van der Waals surface area (Å²) in [7, 11) is 1.88. The van der Waals surface area contributed by atoms with Crippen LogP contribution in [-0.4, -0.2) is 37.6 Å². The number of carbonyl (C=O) groups is 2. The molecular formula is C21H22N4O4. The number of carbonyl (C=O) groups excluding carboxylic acids is 2. The van der Waals surface area contributed by atoms with Gasteiger partial charge in [-0.1, -0.05) is 35.5 Å². The van der Waals surface area contributed by atoms with E-state index in [0.29, 0.717) is 17.9 Å². The topological polar surface area (TPSA) is 90.5 Å². The molecule has 1 atom stereocenters. The van der Waals surface area contributed by atoms with Crippen LogP contribution in [0.5, 0.6) is 0 Å². The monoisotopic (exact) mass is 394 g/mol. The molecule has 4 rings (SSSR count). The third kappa shape index (κ3) is 3.91. The molecule has 1 saturated heterocycles. The van der Waals surface area contributed by atoms with Gasteiger partial charge < -0.3 is 18.7 Å². The summed E-state index contributed by atoms with van der Waals surface area (Å²) < 4.78 is 12.5. The predicted octanol–water partition coefficient (Wildman–Crippen LogP) is 2.62. The molecule has 8 nitrogen and oxygen atoms in total. The van der Waals surface area contributed by atoms with Crippen LogP contribution in [0.2, 0.25) is 0 Å². The minimum Gasteiger partial charge on any atom is -0.452 e. The van der Waals surface area contributed by atoms with E-state index in [-0.39, 0.29) is 31.4 Å². The molecule has 2 aromatic heterocycles. The Morgan fingerprint density at radius 2 is 2.07 bits per heavy atom. The van der Waals surface area contributed by atoms with E-state index in [0.717, 1.165) is 17.0 Å². The van der Waals surface area contributed by atoms with E-state index in [2.05, 4.69) is 10.1 Å². The maximum Gasteiger partial charge on any atom is 0.306 e. The first-order valence-electron chi connectivity index (χ1n) is 9.48. The van der Waals surface area contributed by atoms with Gasteiger partial charge in [-0.3, -0.25) is 9.59 Å². The summed E-state index contributed by atoms with van der Waals surface area (Å²) in [4.78, 5) is 30.7. The van der Waals surface area contributed by atoms with Crippen molar-refractivity contribution in [2.24, 2.45) is 7.05 Å². The third-order valence-corrected chi connectivity index (χ3v) is 5.11. The normalized spacial score (nSPS) is 16.1. The number of hydrogen-bond acceptors (Lipinski definition) is 6. The highest BCUT2D eigenvalue weighted by molar-refractivity contribution is 5.86. The van der Waals surface area contributed by atoms with Crippen LogP contribution < -0.4 is 0 Å². The smallest absolute Gasteiger partial charge is 0.306 e. The Balaban J connectivity index is 1.65. The van der Waals surface area contributed by atoms with Gasteiger partial charge in [-0.15, -0.1) is 0 Å². The van der Waals surface area contributed by atoms with Crippen LogP contribution in [0.1, 0.15) is 30.0 Å². The zero-order valence-corrected chi connectivity index (χ0v) is 16.4. The molecule has 0 radical (unpaired) electrons. The molecule has 3 heterocycles.